The molecule has 1 aromatic carbocycles. The molecular weight excluding hydrogens is 424 g/mol. The summed E-state index contributed by atoms with van der Waals surface area (Å²) in [6.45, 7) is 9.76. The molecule has 7 nitrogen and oxygen atoms in total. The van der Waals surface area contributed by atoms with Crippen LogP contribution in [0.25, 0.3) is 22.3 Å². The number of nitrogens with one attached hydrogen (secondary N) is 1. The maximum absolute atomic E-state index is 13.3. The Kier molecular flexibility index (Phi) is 5.61. The number of rotatable bonds is 4. The van der Waals surface area contributed by atoms with E-state index in [4.69, 9.17) is 4.98 Å². The number of carbonyl (C=O) groups excluding carboxylic acids is 1. The number of nitrogens with zero attached hydrogens (tertiary/aromatic N) is 3. The Hall–Kier alpha value is -2.74. The van der Waals surface area contributed by atoms with Crippen molar-refractivity contribution in [2.45, 2.75) is 59.0 Å². The van der Waals surface area contributed by atoms with Crippen molar-refractivity contribution in [2.24, 2.45) is 0 Å². The third-order valence-electron chi connectivity index (χ3n) is 5.78. The molecule has 0 saturated carbocycles. The number of sulfone groups is 1. The minimum Gasteiger partial charge on any atom is -0.347 e. The molecule has 8 heteroatoms. The third kappa shape index (κ3) is 4.41. The van der Waals surface area contributed by atoms with Gasteiger partial charge in [-0.05, 0) is 52.2 Å². The van der Waals surface area contributed by atoms with Crippen LogP contribution >= 0.6 is 0 Å². The summed E-state index contributed by atoms with van der Waals surface area (Å²) in [5.74, 6) is -0.00436. The second kappa shape index (κ2) is 7.99. The first-order valence-electron chi connectivity index (χ1n) is 11.0. The number of aryl methyl sites for hydroxylation is 2. The van der Waals surface area contributed by atoms with Crippen molar-refractivity contribution in [3.63, 3.8) is 0 Å². The molecule has 0 bridgehead atoms. The van der Waals surface area contributed by atoms with Gasteiger partial charge in [-0.1, -0.05) is 31.2 Å². The van der Waals surface area contributed by atoms with Gasteiger partial charge in [-0.15, -0.1) is 0 Å². The predicted octanol–water partition coefficient (Wildman–Crippen LogP) is 3.86. The monoisotopic (exact) mass is 454 g/mol. The van der Waals surface area contributed by atoms with Gasteiger partial charge in [0, 0.05) is 11.1 Å². The molecule has 4 rings (SSSR count). The number of hydrogen-bond donors (Lipinski definition) is 1. The van der Waals surface area contributed by atoms with E-state index in [0.717, 1.165) is 12.0 Å². The smallest absolute Gasteiger partial charge is 0.252 e. The Balaban J connectivity index is 1.92. The van der Waals surface area contributed by atoms with E-state index in [2.05, 4.69) is 29.5 Å². The lowest BCUT2D eigenvalue weighted by molar-refractivity contribution is 0.0921. The number of hydrogen-bond acceptors (Lipinski definition) is 5. The molecule has 3 aromatic rings. The van der Waals surface area contributed by atoms with Crippen molar-refractivity contribution >= 4 is 26.8 Å². The summed E-state index contributed by atoms with van der Waals surface area (Å²) in [5.41, 5.74) is 4.12. The van der Waals surface area contributed by atoms with E-state index >= 15 is 0 Å². The fourth-order valence-electron chi connectivity index (χ4n) is 4.18. The fourth-order valence-corrected chi connectivity index (χ4v) is 5.87. The first kappa shape index (κ1) is 22.5. The summed E-state index contributed by atoms with van der Waals surface area (Å²) < 4.78 is 25.9. The number of fused-ring (bicyclic) bond motifs is 1. The zero-order chi connectivity index (χ0) is 23.3. The van der Waals surface area contributed by atoms with Gasteiger partial charge in [0.15, 0.2) is 15.5 Å². The Morgan fingerprint density at radius 2 is 1.91 bits per heavy atom. The third-order valence-corrected chi connectivity index (χ3v) is 7.53. The molecule has 1 saturated heterocycles. The zero-order valence-corrected chi connectivity index (χ0v) is 20.1. The average Bonchev–Trinajstić information content (AvgIpc) is 3.25. The van der Waals surface area contributed by atoms with Crippen LogP contribution in [0.15, 0.2) is 30.3 Å². The highest BCUT2D eigenvalue weighted by Gasteiger charge is 2.32. The zero-order valence-electron chi connectivity index (χ0n) is 19.3. The quantitative estimate of drug-likeness (QED) is 0.646. The summed E-state index contributed by atoms with van der Waals surface area (Å²) in [5, 5.41) is 8.36. The van der Waals surface area contributed by atoms with E-state index in [1.807, 2.05) is 45.9 Å². The summed E-state index contributed by atoms with van der Waals surface area (Å²) in [6.07, 6.45) is 1.44. The maximum atomic E-state index is 13.3. The van der Waals surface area contributed by atoms with Gasteiger partial charge < -0.3 is 5.32 Å². The first-order valence-corrected chi connectivity index (χ1v) is 12.8. The second-order valence-electron chi connectivity index (χ2n) is 9.60. The van der Waals surface area contributed by atoms with Crippen molar-refractivity contribution in [1.29, 1.82) is 0 Å². The van der Waals surface area contributed by atoms with Crippen molar-refractivity contribution in [2.75, 3.05) is 11.5 Å². The van der Waals surface area contributed by atoms with Crippen molar-refractivity contribution in [3.8, 4) is 11.3 Å². The predicted molar refractivity (Wildman–Crippen MR) is 127 cm³/mol. The molecule has 2 aromatic heterocycles. The van der Waals surface area contributed by atoms with Crippen LogP contribution in [0.1, 0.15) is 61.8 Å². The standard InChI is InChI=1S/C24H30N4O3S/c1-6-16-7-9-17(10-8-16)20-13-19(23(29)26-24(3,4)5)21-15(2)27-28(22(21)25-20)18-11-12-32(30,31)14-18/h7-10,13,18H,6,11-12,14H2,1-5H3,(H,26,29). The topological polar surface area (TPSA) is 94.0 Å². The number of benzene rings is 1. The number of aromatic nitrogens is 3. The molecule has 0 aliphatic carbocycles. The molecule has 0 radical (unpaired) electrons. The van der Waals surface area contributed by atoms with Crippen LogP contribution in [0.4, 0.5) is 0 Å². The molecule has 1 unspecified atom stereocenters. The molecule has 32 heavy (non-hydrogen) atoms. The van der Waals surface area contributed by atoms with Crippen LogP contribution in [0.2, 0.25) is 0 Å². The lowest BCUT2D eigenvalue weighted by atomic mass is 10.0. The summed E-state index contributed by atoms with van der Waals surface area (Å²) in [7, 11) is -3.09. The number of pyridine rings is 1. The molecule has 0 spiro atoms. The van der Waals surface area contributed by atoms with E-state index in [-0.39, 0.29) is 23.5 Å². The van der Waals surface area contributed by atoms with Crippen LogP contribution < -0.4 is 5.32 Å². The number of amides is 1. The molecule has 1 aliphatic rings. The van der Waals surface area contributed by atoms with E-state index in [1.165, 1.54) is 5.56 Å². The van der Waals surface area contributed by atoms with Crippen LogP contribution in [0, 0.1) is 6.92 Å². The minimum atomic E-state index is -3.09. The normalized spacial score (nSPS) is 18.2. The van der Waals surface area contributed by atoms with Gasteiger partial charge in [0.05, 0.1) is 39.9 Å². The van der Waals surface area contributed by atoms with Gasteiger partial charge in [-0.2, -0.15) is 5.10 Å². The van der Waals surface area contributed by atoms with Gasteiger partial charge in [-0.3, -0.25) is 4.79 Å². The molecule has 1 fully saturated rings. The summed E-state index contributed by atoms with van der Waals surface area (Å²) in [6, 6.07) is 9.66. The molecule has 1 amide bonds. The highest BCUT2D eigenvalue weighted by molar-refractivity contribution is 7.91. The second-order valence-corrected chi connectivity index (χ2v) is 11.8. The van der Waals surface area contributed by atoms with Crippen molar-refractivity contribution in [3.05, 3.63) is 47.2 Å². The molecule has 1 N–H and O–H groups in total. The van der Waals surface area contributed by atoms with Crippen molar-refractivity contribution < 1.29 is 13.2 Å². The van der Waals surface area contributed by atoms with Crippen LogP contribution in [0.3, 0.4) is 0 Å². The first-order chi connectivity index (χ1) is 15.0. The van der Waals surface area contributed by atoms with Crippen LogP contribution in [-0.4, -0.2) is 46.1 Å². The molecular formula is C24H30N4O3S. The molecule has 3 heterocycles. The fraction of sp³-hybridized carbons (Fsp3) is 0.458. The van der Waals surface area contributed by atoms with Gasteiger partial charge in [0.1, 0.15) is 0 Å². The Morgan fingerprint density at radius 3 is 2.47 bits per heavy atom. The minimum absolute atomic E-state index is 0.0455. The van der Waals surface area contributed by atoms with E-state index in [0.29, 0.717) is 34.4 Å². The van der Waals surface area contributed by atoms with E-state index in [1.54, 1.807) is 4.68 Å². The summed E-state index contributed by atoms with van der Waals surface area (Å²) >= 11 is 0. The average molecular weight is 455 g/mol. The molecule has 170 valence electrons. The van der Waals surface area contributed by atoms with Crippen LogP contribution in [-0.2, 0) is 16.3 Å². The maximum Gasteiger partial charge on any atom is 0.252 e. The Bertz CT molecular complexity index is 1290. The molecule has 1 aliphatic heterocycles. The highest BCUT2D eigenvalue weighted by Crippen LogP contribution is 2.32. The largest absolute Gasteiger partial charge is 0.347 e. The van der Waals surface area contributed by atoms with Gasteiger partial charge >= 0.3 is 0 Å². The highest BCUT2D eigenvalue weighted by atomic mass is 32.2. The number of carbonyl (C=O) groups is 1. The molecule has 1 atom stereocenters. The van der Waals surface area contributed by atoms with E-state index < -0.39 is 15.4 Å². The lowest BCUT2D eigenvalue weighted by Crippen LogP contribution is -2.40. The summed E-state index contributed by atoms with van der Waals surface area (Å²) in [4.78, 5) is 18.2. The SMILES string of the molecule is CCc1ccc(-c2cc(C(=O)NC(C)(C)C)c3c(C)nn(C4CCS(=O)(=O)C4)c3n2)cc1. The van der Waals surface area contributed by atoms with Crippen molar-refractivity contribution in [1.82, 2.24) is 20.1 Å². The Labute approximate surface area is 189 Å². The van der Waals surface area contributed by atoms with E-state index in [9.17, 15) is 13.2 Å². The Morgan fingerprint density at radius 1 is 1.22 bits per heavy atom. The lowest BCUT2D eigenvalue weighted by Gasteiger charge is -2.21. The van der Waals surface area contributed by atoms with Crippen LogP contribution in [0.5, 0.6) is 0 Å². The van der Waals surface area contributed by atoms with Gasteiger partial charge in [0.2, 0.25) is 0 Å². The van der Waals surface area contributed by atoms with Gasteiger partial charge in [-0.25, -0.2) is 18.1 Å². The van der Waals surface area contributed by atoms with Gasteiger partial charge in [0.25, 0.3) is 5.91 Å².